The monoisotopic (exact) mass is 300 g/mol. The van der Waals surface area contributed by atoms with Crippen molar-refractivity contribution in [3.05, 3.63) is 64.2 Å². The van der Waals surface area contributed by atoms with E-state index in [9.17, 15) is 0 Å². The molecule has 0 aromatic heterocycles. The van der Waals surface area contributed by atoms with Gasteiger partial charge in [-0.3, -0.25) is 0 Å². The van der Waals surface area contributed by atoms with Crippen LogP contribution in [0.3, 0.4) is 0 Å². The number of anilines is 1. The minimum atomic E-state index is 0.318. The Labute approximate surface area is 131 Å². The smallest absolute Gasteiger partial charge is 0.0406 e. The number of benzene rings is 2. The number of hydrogen-bond donors (Lipinski definition) is 1. The minimum Gasteiger partial charge on any atom is -0.374 e. The largest absolute Gasteiger partial charge is 0.374 e. The van der Waals surface area contributed by atoms with Crippen molar-refractivity contribution in [2.45, 2.75) is 25.9 Å². The summed E-state index contributed by atoms with van der Waals surface area (Å²) < 4.78 is 0. The van der Waals surface area contributed by atoms with Crippen LogP contribution in [0.15, 0.2) is 42.5 Å². The van der Waals surface area contributed by atoms with Gasteiger partial charge in [-0.15, -0.1) is 0 Å². The average molecular weight is 301 g/mol. The minimum absolute atomic E-state index is 0.318. The molecule has 0 saturated carbocycles. The van der Waals surface area contributed by atoms with Crippen LogP contribution in [-0.4, -0.2) is 13.6 Å². The zero-order valence-electron chi connectivity index (χ0n) is 12.6. The van der Waals surface area contributed by atoms with Crippen LogP contribution < -0.4 is 10.2 Å². The first kappa shape index (κ1) is 14.4. The number of fused-ring (bicyclic) bond motifs is 1. The summed E-state index contributed by atoms with van der Waals surface area (Å²) >= 11 is 5.93. The first-order valence-corrected chi connectivity index (χ1v) is 7.83. The molecule has 3 heteroatoms. The van der Waals surface area contributed by atoms with E-state index in [2.05, 4.69) is 54.5 Å². The van der Waals surface area contributed by atoms with E-state index in [4.69, 9.17) is 11.6 Å². The van der Waals surface area contributed by atoms with Crippen molar-refractivity contribution in [3.8, 4) is 0 Å². The highest BCUT2D eigenvalue weighted by molar-refractivity contribution is 6.30. The molecule has 110 valence electrons. The fourth-order valence-electron chi connectivity index (χ4n) is 2.87. The van der Waals surface area contributed by atoms with Gasteiger partial charge in [0.05, 0.1) is 0 Å². The molecule has 0 radical (unpaired) electrons. The third-order valence-corrected chi connectivity index (χ3v) is 4.51. The lowest BCUT2D eigenvalue weighted by Crippen LogP contribution is -2.18. The molecule has 0 amide bonds. The molecule has 1 heterocycles. The van der Waals surface area contributed by atoms with E-state index in [-0.39, 0.29) is 0 Å². The van der Waals surface area contributed by atoms with E-state index in [1.54, 1.807) is 0 Å². The fourth-order valence-corrected chi connectivity index (χ4v) is 3.00. The molecule has 1 atom stereocenters. The summed E-state index contributed by atoms with van der Waals surface area (Å²) in [5.41, 5.74) is 5.46. The van der Waals surface area contributed by atoms with Gasteiger partial charge in [0.2, 0.25) is 0 Å². The van der Waals surface area contributed by atoms with E-state index in [1.165, 1.54) is 22.4 Å². The van der Waals surface area contributed by atoms with Crippen molar-refractivity contribution >= 4 is 17.3 Å². The van der Waals surface area contributed by atoms with Gasteiger partial charge < -0.3 is 10.2 Å². The molecule has 0 fully saturated rings. The van der Waals surface area contributed by atoms with Crippen LogP contribution in [0.2, 0.25) is 5.02 Å². The zero-order chi connectivity index (χ0) is 14.8. The van der Waals surface area contributed by atoms with Crippen LogP contribution >= 0.6 is 11.6 Å². The van der Waals surface area contributed by atoms with Crippen LogP contribution in [0.5, 0.6) is 0 Å². The molecule has 1 aliphatic rings. The molecule has 1 N–H and O–H groups in total. The molecule has 2 aromatic rings. The van der Waals surface area contributed by atoms with E-state index >= 15 is 0 Å². The van der Waals surface area contributed by atoms with Gasteiger partial charge in [-0.2, -0.15) is 0 Å². The molecule has 1 aliphatic heterocycles. The van der Waals surface area contributed by atoms with E-state index in [0.717, 1.165) is 24.5 Å². The second-order valence-corrected chi connectivity index (χ2v) is 6.23. The van der Waals surface area contributed by atoms with Crippen molar-refractivity contribution in [2.24, 2.45) is 0 Å². The lowest BCUT2D eigenvalue weighted by Gasteiger charge is -2.16. The Bertz CT molecular complexity index is 622. The maximum atomic E-state index is 5.93. The van der Waals surface area contributed by atoms with E-state index < -0.39 is 0 Å². The summed E-state index contributed by atoms with van der Waals surface area (Å²) in [5, 5.41) is 4.37. The second kappa shape index (κ2) is 6.08. The Balaban J connectivity index is 1.64. The normalized spacial score (nSPS) is 15.1. The Morgan fingerprint density at radius 2 is 1.95 bits per heavy atom. The first-order chi connectivity index (χ1) is 10.1. The number of likely N-dealkylation sites (N-methyl/N-ethyl adjacent to an activating group) is 1. The summed E-state index contributed by atoms with van der Waals surface area (Å²) in [4.78, 5) is 2.32. The van der Waals surface area contributed by atoms with Crippen LogP contribution in [0.25, 0.3) is 0 Å². The lowest BCUT2D eigenvalue weighted by molar-refractivity contribution is 0.574. The molecule has 2 aromatic carbocycles. The van der Waals surface area contributed by atoms with Crippen molar-refractivity contribution < 1.29 is 0 Å². The Hall–Kier alpha value is -1.51. The quantitative estimate of drug-likeness (QED) is 0.911. The average Bonchev–Trinajstić information content (AvgIpc) is 2.86. The van der Waals surface area contributed by atoms with Crippen molar-refractivity contribution in [2.75, 3.05) is 18.5 Å². The van der Waals surface area contributed by atoms with Gasteiger partial charge in [0, 0.05) is 36.9 Å². The highest BCUT2D eigenvalue weighted by Gasteiger charge is 2.15. The number of halogens is 1. The van der Waals surface area contributed by atoms with Crippen LogP contribution in [-0.2, 0) is 13.0 Å². The number of rotatable bonds is 4. The number of hydrogen-bond acceptors (Lipinski definition) is 2. The van der Waals surface area contributed by atoms with Crippen molar-refractivity contribution in [3.63, 3.8) is 0 Å². The van der Waals surface area contributed by atoms with Crippen LogP contribution in [0, 0.1) is 0 Å². The van der Waals surface area contributed by atoms with Crippen LogP contribution in [0.4, 0.5) is 5.69 Å². The molecule has 21 heavy (non-hydrogen) atoms. The SMILES string of the molecule is CC(NCc1ccc2c(c1)CCN2C)c1ccc(Cl)cc1. The van der Waals surface area contributed by atoms with Gasteiger partial charge in [0.1, 0.15) is 0 Å². The van der Waals surface area contributed by atoms with Gasteiger partial charge in [0.15, 0.2) is 0 Å². The molecule has 0 bridgehead atoms. The molecule has 0 saturated heterocycles. The Morgan fingerprint density at radius 3 is 2.71 bits per heavy atom. The third-order valence-electron chi connectivity index (χ3n) is 4.25. The van der Waals surface area contributed by atoms with Gasteiger partial charge >= 0.3 is 0 Å². The van der Waals surface area contributed by atoms with E-state index in [1.807, 2.05) is 12.1 Å². The molecule has 0 aliphatic carbocycles. The summed E-state index contributed by atoms with van der Waals surface area (Å²) in [6.07, 6.45) is 1.16. The number of nitrogens with zero attached hydrogens (tertiary/aromatic N) is 1. The standard InChI is InChI=1S/C18H21ClN2/c1-13(15-4-6-17(19)7-5-15)20-12-14-3-8-18-16(11-14)9-10-21(18)2/h3-8,11,13,20H,9-10,12H2,1-2H3. The highest BCUT2D eigenvalue weighted by Crippen LogP contribution is 2.27. The maximum Gasteiger partial charge on any atom is 0.0406 e. The topological polar surface area (TPSA) is 15.3 Å². The van der Waals surface area contributed by atoms with Gasteiger partial charge in [0.25, 0.3) is 0 Å². The lowest BCUT2D eigenvalue weighted by atomic mass is 10.1. The maximum absolute atomic E-state index is 5.93. The summed E-state index contributed by atoms with van der Waals surface area (Å²) in [6.45, 7) is 4.21. The molecule has 0 spiro atoms. The molecule has 3 rings (SSSR count). The Morgan fingerprint density at radius 1 is 1.19 bits per heavy atom. The Kier molecular flexibility index (Phi) is 4.18. The number of nitrogens with one attached hydrogen (secondary N) is 1. The summed E-state index contributed by atoms with van der Waals surface area (Å²) in [5.74, 6) is 0. The molecule has 1 unspecified atom stereocenters. The molecular weight excluding hydrogens is 280 g/mol. The third kappa shape index (κ3) is 3.22. The van der Waals surface area contributed by atoms with Crippen LogP contribution in [0.1, 0.15) is 29.7 Å². The zero-order valence-corrected chi connectivity index (χ0v) is 13.3. The second-order valence-electron chi connectivity index (χ2n) is 5.79. The van der Waals surface area contributed by atoms with Gasteiger partial charge in [-0.1, -0.05) is 35.9 Å². The van der Waals surface area contributed by atoms with Crippen molar-refractivity contribution in [1.82, 2.24) is 5.32 Å². The van der Waals surface area contributed by atoms with E-state index in [0.29, 0.717) is 6.04 Å². The van der Waals surface area contributed by atoms with Gasteiger partial charge in [-0.05, 0) is 48.2 Å². The summed E-state index contributed by atoms with van der Waals surface area (Å²) in [7, 11) is 2.16. The van der Waals surface area contributed by atoms with Gasteiger partial charge in [-0.25, -0.2) is 0 Å². The predicted molar refractivity (Wildman–Crippen MR) is 90.1 cm³/mol. The summed E-state index contributed by atoms with van der Waals surface area (Å²) in [6, 6.07) is 15.2. The fraction of sp³-hybridized carbons (Fsp3) is 0.333. The highest BCUT2D eigenvalue weighted by atomic mass is 35.5. The predicted octanol–water partition coefficient (Wildman–Crippen LogP) is 4.18. The van der Waals surface area contributed by atoms with Crippen molar-refractivity contribution in [1.29, 1.82) is 0 Å². The first-order valence-electron chi connectivity index (χ1n) is 7.45. The molecule has 2 nitrogen and oxygen atoms in total. The molecular formula is C18H21ClN2.